The van der Waals surface area contributed by atoms with Crippen LogP contribution in [0.1, 0.15) is 12.5 Å². The van der Waals surface area contributed by atoms with Gasteiger partial charge in [-0.3, -0.25) is 4.79 Å². The van der Waals surface area contributed by atoms with Crippen molar-refractivity contribution in [3.8, 4) is 22.8 Å². The molecule has 8 heteroatoms. The van der Waals surface area contributed by atoms with Crippen molar-refractivity contribution in [3.63, 3.8) is 0 Å². The molecule has 7 nitrogen and oxygen atoms in total. The molecule has 0 spiro atoms. The Morgan fingerprint density at radius 3 is 2.68 bits per heavy atom. The lowest BCUT2D eigenvalue weighted by atomic mass is 10.1. The van der Waals surface area contributed by atoms with Gasteiger partial charge in [-0.1, -0.05) is 17.3 Å². The van der Waals surface area contributed by atoms with Crippen molar-refractivity contribution >= 4 is 5.91 Å². The minimum absolute atomic E-state index is 0.0165. The van der Waals surface area contributed by atoms with Crippen molar-refractivity contribution in [2.75, 3.05) is 13.7 Å². The number of benzene rings is 2. The minimum Gasteiger partial charge on any atom is -0.497 e. The number of amides is 1. The van der Waals surface area contributed by atoms with Gasteiger partial charge in [0.05, 0.1) is 19.9 Å². The largest absolute Gasteiger partial charge is 0.497 e. The molecule has 0 saturated heterocycles. The molecular formula is C20H21FN4O3. The van der Waals surface area contributed by atoms with Gasteiger partial charge in [-0.2, -0.15) is 0 Å². The van der Waals surface area contributed by atoms with E-state index in [0.29, 0.717) is 24.4 Å². The number of hydrogen-bond acceptors (Lipinski definition) is 5. The molecule has 0 unspecified atom stereocenters. The molecule has 3 aromatic rings. The molecule has 3 rings (SSSR count). The summed E-state index contributed by atoms with van der Waals surface area (Å²) in [7, 11) is 1.60. The maximum atomic E-state index is 14.0. The predicted octanol–water partition coefficient (Wildman–Crippen LogP) is 2.81. The standard InChI is InChI=1S/C20H21FN4O3/c1-3-28-19-9-6-15(10-17(19)21)18-12-25(24-23-18)13-20(26)22-11-14-4-7-16(27-2)8-5-14/h4-10,12H,3,11,13H2,1-2H3,(H,22,26). The Hall–Kier alpha value is -3.42. The summed E-state index contributed by atoms with van der Waals surface area (Å²) in [6.07, 6.45) is 1.60. The summed E-state index contributed by atoms with van der Waals surface area (Å²) in [5.41, 5.74) is 1.99. The first-order valence-corrected chi connectivity index (χ1v) is 8.81. The summed E-state index contributed by atoms with van der Waals surface area (Å²) in [6, 6.07) is 12.0. The molecule has 1 heterocycles. The molecule has 0 radical (unpaired) electrons. The van der Waals surface area contributed by atoms with E-state index < -0.39 is 5.82 Å². The van der Waals surface area contributed by atoms with Crippen LogP contribution in [-0.4, -0.2) is 34.6 Å². The number of methoxy groups -OCH3 is 1. The van der Waals surface area contributed by atoms with E-state index >= 15 is 0 Å². The predicted molar refractivity (Wildman–Crippen MR) is 101 cm³/mol. The fraction of sp³-hybridized carbons (Fsp3) is 0.250. The molecule has 1 aromatic heterocycles. The number of halogens is 1. The number of nitrogens with zero attached hydrogens (tertiary/aromatic N) is 3. The Labute approximate surface area is 162 Å². The maximum absolute atomic E-state index is 14.0. The summed E-state index contributed by atoms with van der Waals surface area (Å²) >= 11 is 0. The van der Waals surface area contributed by atoms with Crippen LogP contribution in [0, 0.1) is 5.82 Å². The van der Waals surface area contributed by atoms with Gasteiger partial charge < -0.3 is 14.8 Å². The zero-order valence-corrected chi connectivity index (χ0v) is 15.7. The number of carbonyl (C=O) groups is 1. The Morgan fingerprint density at radius 1 is 1.21 bits per heavy atom. The van der Waals surface area contributed by atoms with Crippen molar-refractivity contribution < 1.29 is 18.7 Å². The fourth-order valence-electron chi connectivity index (χ4n) is 2.59. The number of rotatable bonds is 8. The molecule has 0 aliphatic carbocycles. The van der Waals surface area contributed by atoms with E-state index in [4.69, 9.17) is 9.47 Å². The minimum atomic E-state index is -0.467. The quantitative estimate of drug-likeness (QED) is 0.646. The molecule has 0 atom stereocenters. The molecular weight excluding hydrogens is 363 g/mol. The fourth-order valence-corrected chi connectivity index (χ4v) is 2.59. The normalized spacial score (nSPS) is 10.5. The van der Waals surface area contributed by atoms with Crippen LogP contribution in [0.4, 0.5) is 4.39 Å². The van der Waals surface area contributed by atoms with Crippen molar-refractivity contribution in [2.24, 2.45) is 0 Å². The van der Waals surface area contributed by atoms with E-state index in [-0.39, 0.29) is 18.2 Å². The summed E-state index contributed by atoms with van der Waals surface area (Å²) in [5, 5.41) is 10.8. The third kappa shape index (κ3) is 4.85. The summed E-state index contributed by atoms with van der Waals surface area (Å²) < 4.78 is 25.7. The van der Waals surface area contributed by atoms with Crippen LogP contribution in [0.3, 0.4) is 0 Å². The lowest BCUT2D eigenvalue weighted by Crippen LogP contribution is -2.27. The van der Waals surface area contributed by atoms with E-state index in [0.717, 1.165) is 11.3 Å². The van der Waals surface area contributed by atoms with E-state index in [9.17, 15) is 9.18 Å². The van der Waals surface area contributed by atoms with Crippen molar-refractivity contribution in [2.45, 2.75) is 20.0 Å². The van der Waals surface area contributed by atoms with Gasteiger partial charge in [0.25, 0.3) is 0 Å². The van der Waals surface area contributed by atoms with Gasteiger partial charge in [0.15, 0.2) is 11.6 Å². The molecule has 28 heavy (non-hydrogen) atoms. The second kappa shape index (κ2) is 8.98. The summed E-state index contributed by atoms with van der Waals surface area (Å²) in [4.78, 5) is 12.1. The van der Waals surface area contributed by atoms with Crippen LogP contribution < -0.4 is 14.8 Å². The van der Waals surface area contributed by atoms with Crippen LogP contribution >= 0.6 is 0 Å². The van der Waals surface area contributed by atoms with Crippen LogP contribution in [0.15, 0.2) is 48.7 Å². The summed E-state index contributed by atoms with van der Waals surface area (Å²) in [6.45, 7) is 2.59. The first-order valence-electron chi connectivity index (χ1n) is 8.81. The van der Waals surface area contributed by atoms with Gasteiger partial charge >= 0.3 is 0 Å². The smallest absolute Gasteiger partial charge is 0.242 e. The molecule has 1 amide bonds. The lowest BCUT2D eigenvalue weighted by Gasteiger charge is -2.06. The maximum Gasteiger partial charge on any atom is 0.242 e. The Kier molecular flexibility index (Phi) is 6.21. The van der Waals surface area contributed by atoms with Gasteiger partial charge in [-0.15, -0.1) is 5.10 Å². The van der Waals surface area contributed by atoms with Crippen LogP contribution in [0.25, 0.3) is 11.3 Å². The van der Waals surface area contributed by atoms with Crippen molar-refractivity contribution in [3.05, 3.63) is 60.0 Å². The molecule has 0 bridgehead atoms. The molecule has 146 valence electrons. The molecule has 0 saturated carbocycles. The average Bonchev–Trinajstić information content (AvgIpc) is 3.17. The zero-order valence-electron chi connectivity index (χ0n) is 15.7. The number of hydrogen-bond donors (Lipinski definition) is 1. The van der Waals surface area contributed by atoms with Crippen molar-refractivity contribution in [1.82, 2.24) is 20.3 Å². The number of ether oxygens (including phenoxy) is 2. The number of carbonyl (C=O) groups excluding carboxylic acids is 1. The third-order valence-corrected chi connectivity index (χ3v) is 4.02. The SMILES string of the molecule is CCOc1ccc(-c2cn(CC(=O)NCc3ccc(OC)cc3)nn2)cc1F. The third-order valence-electron chi connectivity index (χ3n) is 4.02. The van der Waals surface area contributed by atoms with Gasteiger partial charge in [-0.05, 0) is 42.8 Å². The first kappa shape index (κ1) is 19.3. The van der Waals surface area contributed by atoms with Gasteiger partial charge in [0.1, 0.15) is 18.0 Å². The van der Waals surface area contributed by atoms with Crippen LogP contribution in [0.2, 0.25) is 0 Å². The lowest BCUT2D eigenvalue weighted by molar-refractivity contribution is -0.122. The molecule has 0 aliphatic heterocycles. The number of nitrogens with one attached hydrogen (secondary N) is 1. The first-order chi connectivity index (χ1) is 13.6. The zero-order chi connectivity index (χ0) is 19.9. The topological polar surface area (TPSA) is 78.3 Å². The highest BCUT2D eigenvalue weighted by Crippen LogP contribution is 2.24. The highest BCUT2D eigenvalue weighted by Gasteiger charge is 2.11. The highest BCUT2D eigenvalue weighted by atomic mass is 19.1. The average molecular weight is 384 g/mol. The van der Waals surface area contributed by atoms with E-state index in [1.807, 2.05) is 24.3 Å². The van der Waals surface area contributed by atoms with Gasteiger partial charge in [0.2, 0.25) is 5.91 Å². The van der Waals surface area contributed by atoms with Crippen LogP contribution in [-0.2, 0) is 17.9 Å². The Bertz CT molecular complexity index is 941. The second-order valence-electron chi connectivity index (χ2n) is 6.00. The summed E-state index contributed by atoms with van der Waals surface area (Å²) in [5.74, 6) is 0.281. The number of aromatic nitrogens is 3. The molecule has 1 N–H and O–H groups in total. The Balaban J connectivity index is 1.57. The van der Waals surface area contributed by atoms with Crippen LogP contribution in [0.5, 0.6) is 11.5 Å². The molecule has 0 fully saturated rings. The van der Waals surface area contributed by atoms with Gasteiger partial charge in [-0.25, -0.2) is 9.07 Å². The van der Waals surface area contributed by atoms with E-state index in [2.05, 4.69) is 15.6 Å². The van der Waals surface area contributed by atoms with E-state index in [1.165, 1.54) is 10.7 Å². The van der Waals surface area contributed by atoms with Gasteiger partial charge in [0, 0.05) is 12.1 Å². The monoisotopic (exact) mass is 384 g/mol. The van der Waals surface area contributed by atoms with Crippen molar-refractivity contribution in [1.29, 1.82) is 0 Å². The Morgan fingerprint density at radius 2 is 2.00 bits per heavy atom. The molecule has 2 aromatic carbocycles. The van der Waals surface area contributed by atoms with E-state index in [1.54, 1.807) is 32.4 Å². The second-order valence-corrected chi connectivity index (χ2v) is 6.00. The molecule has 0 aliphatic rings. The highest BCUT2D eigenvalue weighted by molar-refractivity contribution is 5.75.